The van der Waals surface area contributed by atoms with Crippen LogP contribution in [0.3, 0.4) is 0 Å². The molecule has 1 aliphatic heterocycles. The highest BCUT2D eigenvalue weighted by Gasteiger charge is 2.74. The van der Waals surface area contributed by atoms with Gasteiger partial charge in [0.25, 0.3) is 0 Å². The van der Waals surface area contributed by atoms with Crippen molar-refractivity contribution in [2.45, 2.75) is 37.2 Å². The third kappa shape index (κ3) is 2.51. The van der Waals surface area contributed by atoms with E-state index in [0.29, 0.717) is 0 Å². The Morgan fingerprint density at radius 3 is 1.86 bits per heavy atom. The summed E-state index contributed by atoms with van der Waals surface area (Å²) in [4.78, 5) is -0.154. The summed E-state index contributed by atoms with van der Waals surface area (Å²) < 4.78 is 3.76. The molecule has 0 aliphatic carbocycles. The van der Waals surface area contributed by atoms with Crippen molar-refractivity contribution in [2.75, 3.05) is 0 Å². The first-order valence-corrected chi connectivity index (χ1v) is 6.14. The molecule has 124 valence electrons. The molecule has 0 aromatic heterocycles. The van der Waals surface area contributed by atoms with Crippen LogP contribution >= 0.6 is 0 Å². The Balaban J connectivity index is 2.48. The van der Waals surface area contributed by atoms with Gasteiger partial charge in [-0.25, -0.2) is 0 Å². The van der Waals surface area contributed by atoms with E-state index < -0.39 is 30.3 Å². The molecule has 0 bridgehead atoms. The maximum atomic E-state index is 9.77. The molecule has 1 aromatic rings. The fourth-order valence-electron chi connectivity index (χ4n) is 2.12. The first-order valence-electron chi connectivity index (χ1n) is 6.14. The third-order valence-corrected chi connectivity index (χ3v) is 3.33. The molecular weight excluding hydrogens is 302 g/mol. The number of benzene rings is 1. The molecule has 0 unspecified atom stereocenters. The van der Waals surface area contributed by atoms with Crippen LogP contribution in [0.4, 0.5) is 0 Å². The molecule has 8 N–H and O–H groups in total. The summed E-state index contributed by atoms with van der Waals surface area (Å²) in [6.07, 6.45) is 0. The number of nitrogens with zero attached hydrogens (tertiary/aromatic N) is 1. The first kappa shape index (κ1) is 17.2. The Labute approximate surface area is 124 Å². The summed E-state index contributed by atoms with van der Waals surface area (Å²) in [6, 6.07) is 6.27. The summed E-state index contributed by atoms with van der Waals surface area (Å²) >= 11 is 0. The highest BCUT2D eigenvalue weighted by Crippen LogP contribution is 2.42. The Morgan fingerprint density at radius 1 is 0.909 bits per heavy atom. The Hall–Kier alpha value is -1.18. The minimum Gasteiger partial charge on any atom is -0.347 e. The SMILES string of the molecule is Cc1cccc(CN2C(O)(O)C(O)(O)OC(O)(O)C2(O)O)c1. The summed E-state index contributed by atoms with van der Waals surface area (Å²) in [5.74, 6) is -15.4. The Bertz CT molecular complexity index is 543. The van der Waals surface area contributed by atoms with E-state index in [0.717, 1.165) is 5.56 Å². The van der Waals surface area contributed by atoms with Gasteiger partial charge in [-0.2, -0.15) is 4.90 Å². The van der Waals surface area contributed by atoms with E-state index in [-0.39, 0.29) is 10.5 Å². The van der Waals surface area contributed by atoms with Crippen molar-refractivity contribution >= 4 is 0 Å². The van der Waals surface area contributed by atoms with Crippen molar-refractivity contribution in [3.8, 4) is 0 Å². The Kier molecular flexibility index (Phi) is 3.83. The average Bonchev–Trinajstić information content (AvgIpc) is 2.32. The van der Waals surface area contributed by atoms with Gasteiger partial charge in [-0.05, 0) is 12.5 Å². The van der Waals surface area contributed by atoms with E-state index in [1.165, 1.54) is 12.1 Å². The highest BCUT2D eigenvalue weighted by atomic mass is 16.9. The van der Waals surface area contributed by atoms with Crippen molar-refractivity contribution < 1.29 is 45.6 Å². The number of aryl methyl sites for hydroxylation is 1. The van der Waals surface area contributed by atoms with Crippen molar-refractivity contribution in [1.82, 2.24) is 4.90 Å². The lowest BCUT2D eigenvalue weighted by Gasteiger charge is -2.55. The lowest BCUT2D eigenvalue weighted by molar-refractivity contribution is -0.659. The summed E-state index contributed by atoms with van der Waals surface area (Å²) in [5.41, 5.74) is 1.03. The first-order chi connectivity index (χ1) is 9.81. The molecular formula is C12H17NO9. The average molecular weight is 319 g/mol. The van der Waals surface area contributed by atoms with Crippen LogP contribution in [-0.4, -0.2) is 69.5 Å². The van der Waals surface area contributed by atoms with Gasteiger partial charge in [0, 0.05) is 6.54 Å². The lowest BCUT2D eigenvalue weighted by atomic mass is 10.1. The van der Waals surface area contributed by atoms with Crippen molar-refractivity contribution in [2.24, 2.45) is 0 Å². The fraction of sp³-hybridized carbons (Fsp3) is 0.500. The standard InChI is InChI=1S/C12H17NO9/c1-7-3-2-4-8(5-7)6-13-9(14,15)11(18,19)22-12(20,21)10(13,16)17/h2-5,14-21H,6H2,1H3. The molecule has 1 aliphatic rings. The zero-order chi connectivity index (χ0) is 17.0. The van der Waals surface area contributed by atoms with E-state index >= 15 is 0 Å². The van der Waals surface area contributed by atoms with Crippen LogP contribution in [0, 0.1) is 6.92 Å². The van der Waals surface area contributed by atoms with Crippen LogP contribution in [0.15, 0.2) is 24.3 Å². The number of rotatable bonds is 2. The van der Waals surface area contributed by atoms with Crippen molar-refractivity contribution in [3.05, 3.63) is 35.4 Å². The van der Waals surface area contributed by atoms with Gasteiger partial charge >= 0.3 is 23.8 Å². The normalized spacial score (nSPS) is 25.9. The quantitative estimate of drug-likeness (QED) is 0.254. The van der Waals surface area contributed by atoms with E-state index in [2.05, 4.69) is 4.74 Å². The monoisotopic (exact) mass is 319 g/mol. The van der Waals surface area contributed by atoms with Gasteiger partial charge in [0.1, 0.15) is 0 Å². The topological polar surface area (TPSA) is 174 Å². The lowest BCUT2D eigenvalue weighted by Crippen LogP contribution is -2.83. The molecule has 1 fully saturated rings. The minimum absolute atomic E-state index is 0.154. The molecule has 10 heteroatoms. The minimum atomic E-state index is -3.92. The Morgan fingerprint density at radius 2 is 1.41 bits per heavy atom. The second kappa shape index (κ2) is 4.91. The summed E-state index contributed by atoms with van der Waals surface area (Å²) in [6.45, 7) is 1.01. The van der Waals surface area contributed by atoms with E-state index in [1.54, 1.807) is 19.1 Å². The molecule has 1 aromatic carbocycles. The second-order valence-electron chi connectivity index (χ2n) is 5.16. The molecule has 0 amide bonds. The van der Waals surface area contributed by atoms with Gasteiger partial charge in [0.05, 0.1) is 0 Å². The molecule has 1 saturated heterocycles. The fourth-order valence-corrected chi connectivity index (χ4v) is 2.12. The van der Waals surface area contributed by atoms with E-state index in [9.17, 15) is 40.9 Å². The highest BCUT2D eigenvalue weighted by molar-refractivity contribution is 5.22. The smallest absolute Gasteiger partial charge is 0.347 e. The molecule has 1 heterocycles. The van der Waals surface area contributed by atoms with Gasteiger partial charge in [-0.3, -0.25) is 4.74 Å². The van der Waals surface area contributed by atoms with Gasteiger partial charge in [-0.1, -0.05) is 29.8 Å². The molecule has 0 radical (unpaired) electrons. The maximum absolute atomic E-state index is 9.77. The molecule has 0 atom stereocenters. The van der Waals surface area contributed by atoms with Crippen molar-refractivity contribution in [1.29, 1.82) is 0 Å². The number of hydrogen-bond acceptors (Lipinski definition) is 10. The second-order valence-corrected chi connectivity index (χ2v) is 5.16. The maximum Gasteiger partial charge on any atom is 0.356 e. The predicted octanol–water partition coefficient (Wildman–Crippen LogP) is -3.62. The molecule has 0 saturated carbocycles. The number of aliphatic hydroxyl groups is 8. The summed E-state index contributed by atoms with van der Waals surface area (Å²) in [5, 5.41) is 76.8. The molecule has 0 spiro atoms. The van der Waals surface area contributed by atoms with Crippen LogP contribution < -0.4 is 0 Å². The number of hydrogen-bond donors (Lipinski definition) is 8. The van der Waals surface area contributed by atoms with E-state index in [4.69, 9.17) is 0 Å². The van der Waals surface area contributed by atoms with Crippen LogP contribution in [0.25, 0.3) is 0 Å². The van der Waals surface area contributed by atoms with E-state index in [1.807, 2.05) is 0 Å². The zero-order valence-electron chi connectivity index (χ0n) is 11.4. The molecule has 2 rings (SSSR count). The number of morpholine rings is 1. The summed E-state index contributed by atoms with van der Waals surface area (Å²) in [7, 11) is 0. The molecule has 22 heavy (non-hydrogen) atoms. The van der Waals surface area contributed by atoms with Crippen LogP contribution in [0.2, 0.25) is 0 Å². The molecule has 10 nitrogen and oxygen atoms in total. The van der Waals surface area contributed by atoms with Crippen LogP contribution in [0.5, 0.6) is 0 Å². The van der Waals surface area contributed by atoms with Crippen LogP contribution in [-0.2, 0) is 11.3 Å². The van der Waals surface area contributed by atoms with Gasteiger partial charge in [0.2, 0.25) is 0 Å². The third-order valence-electron chi connectivity index (χ3n) is 3.33. The number of ether oxygens (including phenoxy) is 1. The van der Waals surface area contributed by atoms with Crippen molar-refractivity contribution in [3.63, 3.8) is 0 Å². The van der Waals surface area contributed by atoms with Crippen LogP contribution in [0.1, 0.15) is 11.1 Å². The van der Waals surface area contributed by atoms with Gasteiger partial charge in [0.15, 0.2) is 0 Å². The van der Waals surface area contributed by atoms with Gasteiger partial charge in [-0.15, -0.1) is 0 Å². The van der Waals surface area contributed by atoms with Gasteiger partial charge < -0.3 is 40.9 Å². The largest absolute Gasteiger partial charge is 0.356 e. The predicted molar refractivity (Wildman–Crippen MR) is 66.5 cm³/mol. The zero-order valence-corrected chi connectivity index (χ0v) is 11.4.